The van der Waals surface area contributed by atoms with E-state index >= 15 is 0 Å². The highest BCUT2D eigenvalue weighted by molar-refractivity contribution is 8.26. The van der Waals surface area contributed by atoms with Crippen molar-refractivity contribution < 1.29 is 9.59 Å². The highest BCUT2D eigenvalue weighted by atomic mass is 32.2. The van der Waals surface area contributed by atoms with Crippen molar-refractivity contribution in [2.75, 3.05) is 18.5 Å². The Morgan fingerprint density at radius 2 is 1.96 bits per heavy atom. The molecule has 1 aromatic carbocycles. The summed E-state index contributed by atoms with van der Waals surface area (Å²) in [6, 6.07) is 7.34. The summed E-state index contributed by atoms with van der Waals surface area (Å²) in [5.41, 5.74) is 7.38. The van der Waals surface area contributed by atoms with Crippen LogP contribution in [0.1, 0.15) is 45.1 Å². The first-order valence-corrected chi connectivity index (χ1v) is 10.4. The standard InChI is InChI=1S/C20H27N3O2S2/c1-4-5-6-7-12-22(3)16-10-8-15(9-11-16)13-17-19(25)23(20(26)27-17)14(2)18(21)24/h8-11,13-14H,4-7,12H2,1-3H3,(H2,21,24). The van der Waals surface area contributed by atoms with E-state index in [9.17, 15) is 9.59 Å². The largest absolute Gasteiger partial charge is 0.375 e. The van der Waals surface area contributed by atoms with Crippen LogP contribution in [0.5, 0.6) is 0 Å². The number of thioether (sulfide) groups is 1. The average Bonchev–Trinajstić information content (AvgIpc) is 2.92. The van der Waals surface area contributed by atoms with Crippen LogP contribution >= 0.6 is 24.0 Å². The fraction of sp³-hybridized carbons (Fsp3) is 0.450. The summed E-state index contributed by atoms with van der Waals surface area (Å²) in [5.74, 6) is -0.840. The Labute approximate surface area is 171 Å². The Hall–Kier alpha value is -1.86. The Kier molecular flexibility index (Phi) is 7.86. The van der Waals surface area contributed by atoms with Crippen molar-refractivity contribution in [1.82, 2.24) is 4.90 Å². The van der Waals surface area contributed by atoms with Crippen molar-refractivity contribution >= 4 is 51.9 Å². The lowest BCUT2D eigenvalue weighted by Gasteiger charge is -2.19. The van der Waals surface area contributed by atoms with Gasteiger partial charge in [0.05, 0.1) is 4.91 Å². The molecule has 146 valence electrons. The molecule has 2 N–H and O–H groups in total. The summed E-state index contributed by atoms with van der Waals surface area (Å²) >= 11 is 6.43. The van der Waals surface area contributed by atoms with Crippen LogP contribution in [0.2, 0.25) is 0 Å². The number of carbonyl (C=O) groups is 2. The molecule has 1 aromatic rings. The van der Waals surface area contributed by atoms with E-state index in [0.29, 0.717) is 9.23 Å². The number of carbonyl (C=O) groups excluding carboxylic acids is 2. The lowest BCUT2D eigenvalue weighted by molar-refractivity contribution is -0.130. The Bertz CT molecular complexity index is 731. The SMILES string of the molecule is CCCCCCN(C)c1ccc(C=C2SC(=S)N(C(C)C(N)=O)C2=O)cc1. The zero-order valence-electron chi connectivity index (χ0n) is 16.1. The van der Waals surface area contributed by atoms with Gasteiger partial charge in [-0.1, -0.05) is 62.3 Å². The predicted octanol–water partition coefficient (Wildman–Crippen LogP) is 3.78. The molecule has 1 saturated heterocycles. The van der Waals surface area contributed by atoms with Crippen molar-refractivity contribution in [2.45, 2.75) is 45.6 Å². The highest BCUT2D eigenvalue weighted by Gasteiger charge is 2.37. The Morgan fingerprint density at radius 3 is 2.56 bits per heavy atom. The van der Waals surface area contributed by atoms with Gasteiger partial charge < -0.3 is 10.6 Å². The van der Waals surface area contributed by atoms with Gasteiger partial charge in [0.25, 0.3) is 5.91 Å². The maximum Gasteiger partial charge on any atom is 0.266 e. The molecule has 1 unspecified atom stereocenters. The van der Waals surface area contributed by atoms with Crippen molar-refractivity contribution in [3.8, 4) is 0 Å². The fourth-order valence-corrected chi connectivity index (χ4v) is 4.24. The third-order valence-corrected chi connectivity index (χ3v) is 5.93. The first-order valence-electron chi connectivity index (χ1n) is 9.22. The van der Waals surface area contributed by atoms with Gasteiger partial charge >= 0.3 is 0 Å². The van der Waals surface area contributed by atoms with Gasteiger partial charge in [0.2, 0.25) is 5.91 Å². The van der Waals surface area contributed by atoms with E-state index in [1.165, 1.54) is 42.3 Å². The Balaban J connectivity index is 2.04. The third kappa shape index (κ3) is 5.56. The van der Waals surface area contributed by atoms with Gasteiger partial charge in [-0.05, 0) is 37.1 Å². The molecule has 0 bridgehead atoms. The van der Waals surface area contributed by atoms with E-state index in [4.69, 9.17) is 18.0 Å². The van der Waals surface area contributed by atoms with Gasteiger partial charge in [-0.2, -0.15) is 0 Å². The van der Waals surface area contributed by atoms with Crippen molar-refractivity contribution in [2.24, 2.45) is 5.73 Å². The predicted molar refractivity (Wildman–Crippen MR) is 118 cm³/mol. The van der Waals surface area contributed by atoms with E-state index in [0.717, 1.165) is 17.8 Å². The summed E-state index contributed by atoms with van der Waals surface area (Å²) in [6.45, 7) is 4.83. The summed E-state index contributed by atoms with van der Waals surface area (Å²) in [7, 11) is 2.09. The lowest BCUT2D eigenvalue weighted by Crippen LogP contribution is -2.44. The number of nitrogens with two attached hydrogens (primary N) is 1. The van der Waals surface area contributed by atoms with Gasteiger partial charge in [-0.3, -0.25) is 14.5 Å². The zero-order chi connectivity index (χ0) is 20.0. The number of anilines is 1. The third-order valence-electron chi connectivity index (χ3n) is 4.60. The van der Waals surface area contributed by atoms with Crippen LogP contribution in [-0.4, -0.2) is 40.7 Å². The van der Waals surface area contributed by atoms with Crippen LogP contribution in [0.3, 0.4) is 0 Å². The van der Waals surface area contributed by atoms with Crippen LogP contribution < -0.4 is 10.6 Å². The summed E-state index contributed by atoms with van der Waals surface area (Å²) in [4.78, 5) is 28.0. The van der Waals surface area contributed by atoms with Gasteiger partial charge in [0.15, 0.2) is 0 Å². The summed E-state index contributed by atoms with van der Waals surface area (Å²) < 4.78 is 0.362. The first-order chi connectivity index (χ1) is 12.8. The molecule has 1 fully saturated rings. The number of rotatable bonds is 9. The smallest absolute Gasteiger partial charge is 0.266 e. The van der Waals surface area contributed by atoms with Gasteiger partial charge in [0, 0.05) is 19.3 Å². The number of nitrogens with zero attached hydrogens (tertiary/aromatic N) is 2. The minimum absolute atomic E-state index is 0.270. The quantitative estimate of drug-likeness (QED) is 0.385. The number of benzene rings is 1. The number of amides is 2. The van der Waals surface area contributed by atoms with E-state index in [1.807, 2.05) is 12.1 Å². The second-order valence-electron chi connectivity index (χ2n) is 6.70. The molecular weight excluding hydrogens is 378 g/mol. The number of thiocarbonyl (C=S) groups is 1. The van der Waals surface area contributed by atoms with Gasteiger partial charge in [-0.15, -0.1) is 0 Å². The maximum atomic E-state index is 12.5. The molecular formula is C20H27N3O2S2. The Morgan fingerprint density at radius 1 is 1.30 bits per heavy atom. The van der Waals surface area contributed by atoms with Crippen LogP contribution in [0.25, 0.3) is 6.08 Å². The molecule has 7 heteroatoms. The van der Waals surface area contributed by atoms with Crippen molar-refractivity contribution in [1.29, 1.82) is 0 Å². The maximum absolute atomic E-state index is 12.5. The average molecular weight is 406 g/mol. The molecule has 0 aliphatic carbocycles. The molecule has 27 heavy (non-hydrogen) atoms. The number of hydrogen-bond acceptors (Lipinski definition) is 5. The molecule has 0 aromatic heterocycles. The normalized spacial score (nSPS) is 16.9. The highest BCUT2D eigenvalue weighted by Crippen LogP contribution is 2.34. The molecule has 5 nitrogen and oxygen atoms in total. The molecule has 1 aliphatic heterocycles. The van der Waals surface area contributed by atoms with E-state index in [2.05, 4.69) is 31.0 Å². The lowest BCUT2D eigenvalue weighted by atomic mass is 10.1. The second-order valence-corrected chi connectivity index (χ2v) is 8.38. The molecule has 1 heterocycles. The topological polar surface area (TPSA) is 66.6 Å². The summed E-state index contributed by atoms with van der Waals surface area (Å²) in [5, 5.41) is 0. The van der Waals surface area contributed by atoms with E-state index in [-0.39, 0.29) is 5.91 Å². The first kappa shape index (κ1) is 21.4. The molecule has 1 aliphatic rings. The number of primary amides is 1. The van der Waals surface area contributed by atoms with Crippen LogP contribution in [0.4, 0.5) is 5.69 Å². The van der Waals surface area contributed by atoms with Gasteiger partial charge in [0.1, 0.15) is 10.4 Å². The van der Waals surface area contributed by atoms with E-state index in [1.54, 1.807) is 13.0 Å². The van der Waals surface area contributed by atoms with Gasteiger partial charge in [-0.25, -0.2) is 0 Å². The molecule has 0 saturated carbocycles. The van der Waals surface area contributed by atoms with E-state index < -0.39 is 11.9 Å². The minimum atomic E-state index is -0.743. The molecule has 1 atom stereocenters. The minimum Gasteiger partial charge on any atom is -0.375 e. The zero-order valence-corrected chi connectivity index (χ0v) is 17.7. The van der Waals surface area contributed by atoms with Crippen LogP contribution in [-0.2, 0) is 9.59 Å². The number of unbranched alkanes of at least 4 members (excludes halogenated alkanes) is 3. The van der Waals surface area contributed by atoms with Crippen molar-refractivity contribution in [3.63, 3.8) is 0 Å². The second kappa shape index (κ2) is 9.90. The fourth-order valence-electron chi connectivity index (χ4n) is 2.82. The molecule has 0 radical (unpaired) electrons. The van der Waals surface area contributed by atoms with Crippen LogP contribution in [0.15, 0.2) is 29.2 Å². The van der Waals surface area contributed by atoms with Crippen LogP contribution in [0, 0.1) is 0 Å². The number of hydrogen-bond donors (Lipinski definition) is 1. The van der Waals surface area contributed by atoms with Crippen molar-refractivity contribution in [3.05, 3.63) is 34.7 Å². The molecule has 2 rings (SSSR count). The molecule has 2 amide bonds. The summed E-state index contributed by atoms with van der Waals surface area (Å²) in [6.07, 6.45) is 6.76. The molecule has 0 spiro atoms. The monoisotopic (exact) mass is 405 g/mol.